The van der Waals surface area contributed by atoms with E-state index in [0.29, 0.717) is 23.4 Å². The van der Waals surface area contributed by atoms with Crippen LogP contribution in [0.4, 0.5) is 5.69 Å². The minimum Gasteiger partial charge on any atom is -0.508 e. The van der Waals surface area contributed by atoms with Gasteiger partial charge in [-0.05, 0) is 59.9 Å². The first-order valence-corrected chi connectivity index (χ1v) is 11.6. The van der Waals surface area contributed by atoms with Crippen LogP contribution in [0.5, 0.6) is 5.75 Å². The number of anilines is 1. The van der Waals surface area contributed by atoms with Gasteiger partial charge in [0.15, 0.2) is 0 Å². The Hall–Kier alpha value is -3.25. The summed E-state index contributed by atoms with van der Waals surface area (Å²) in [5, 5.41) is 12.4. The van der Waals surface area contributed by atoms with Gasteiger partial charge >= 0.3 is 0 Å². The number of carbonyl (C=O) groups is 2. The number of thioether (sulfide) groups is 1. The maximum absolute atomic E-state index is 12.9. The zero-order valence-electron chi connectivity index (χ0n) is 18.3. The molecule has 1 atom stereocenters. The Morgan fingerprint density at radius 1 is 1.00 bits per heavy atom. The second-order valence-corrected chi connectivity index (χ2v) is 8.54. The lowest BCUT2D eigenvalue weighted by molar-refractivity contribution is -0.117. The van der Waals surface area contributed by atoms with Crippen LogP contribution in [0.2, 0.25) is 0 Å². The van der Waals surface area contributed by atoms with E-state index in [1.165, 1.54) is 10.5 Å². The largest absolute Gasteiger partial charge is 0.508 e. The number of rotatable bonds is 9. The highest BCUT2D eigenvalue weighted by atomic mass is 32.2. The minimum absolute atomic E-state index is 0.158. The Kier molecular flexibility index (Phi) is 7.95. The Bertz CT molecular complexity index is 1100. The van der Waals surface area contributed by atoms with E-state index in [2.05, 4.69) is 24.4 Å². The molecule has 0 fully saturated rings. The fourth-order valence-electron chi connectivity index (χ4n) is 3.61. The van der Waals surface area contributed by atoms with Crippen molar-refractivity contribution in [2.75, 3.05) is 5.32 Å². The summed E-state index contributed by atoms with van der Waals surface area (Å²) in [5.41, 5.74) is 9.50. The molecule has 166 valence electrons. The number of carbonyl (C=O) groups excluding carboxylic acids is 2. The summed E-state index contributed by atoms with van der Waals surface area (Å²) in [5.74, 6) is -0.300. The number of benzene rings is 3. The molecule has 3 aromatic rings. The minimum atomic E-state index is -0.522. The van der Waals surface area contributed by atoms with E-state index in [1.54, 1.807) is 48.2 Å². The number of nitrogens with two attached hydrogens (primary N) is 1. The monoisotopic (exact) mass is 448 g/mol. The van der Waals surface area contributed by atoms with Crippen molar-refractivity contribution in [2.24, 2.45) is 5.73 Å². The van der Waals surface area contributed by atoms with Crippen LogP contribution in [0.3, 0.4) is 0 Å². The lowest BCUT2D eigenvalue weighted by atomic mass is 9.95. The third-order valence-electron chi connectivity index (χ3n) is 5.40. The van der Waals surface area contributed by atoms with Crippen molar-refractivity contribution in [2.45, 2.75) is 43.3 Å². The van der Waals surface area contributed by atoms with E-state index in [1.807, 2.05) is 25.1 Å². The lowest BCUT2D eigenvalue weighted by Gasteiger charge is -2.17. The van der Waals surface area contributed by atoms with E-state index >= 15 is 0 Å². The fraction of sp³-hybridized carbons (Fsp3) is 0.231. The molecule has 0 aliphatic carbocycles. The molecule has 3 rings (SSSR count). The molecule has 32 heavy (non-hydrogen) atoms. The molecule has 3 aromatic carbocycles. The normalized spacial score (nSPS) is 11.7. The first-order valence-electron chi connectivity index (χ1n) is 10.7. The molecule has 1 unspecified atom stereocenters. The van der Waals surface area contributed by atoms with Crippen LogP contribution >= 0.6 is 11.8 Å². The standard InChI is InChI=1S/C26H28N2O3S/c1-3-17-7-5-6-8-24(17)32-16-19-9-12-20(15-23(19)25(27)30)28-26(31)22(4-2)18-10-13-21(29)14-11-18/h5-15,22,29H,3-4,16H2,1-2H3,(H2,27,30)(H,28,31). The molecular formula is C26H28N2O3S. The number of aromatic hydroxyl groups is 1. The summed E-state index contributed by atoms with van der Waals surface area (Å²) in [6, 6.07) is 20.1. The van der Waals surface area contributed by atoms with Gasteiger partial charge < -0.3 is 16.2 Å². The highest BCUT2D eigenvalue weighted by molar-refractivity contribution is 7.98. The van der Waals surface area contributed by atoms with Crippen LogP contribution in [0.15, 0.2) is 71.6 Å². The molecule has 0 aliphatic heterocycles. The number of primary amides is 1. The van der Waals surface area contributed by atoms with Gasteiger partial charge in [-0.2, -0.15) is 0 Å². The number of aryl methyl sites for hydroxylation is 1. The van der Waals surface area contributed by atoms with Crippen LogP contribution in [0.25, 0.3) is 0 Å². The summed E-state index contributed by atoms with van der Waals surface area (Å²) in [7, 11) is 0. The average Bonchev–Trinajstić information content (AvgIpc) is 2.80. The first kappa shape index (κ1) is 23.4. The third kappa shape index (κ3) is 5.71. The molecule has 0 saturated heterocycles. The smallest absolute Gasteiger partial charge is 0.249 e. The van der Waals surface area contributed by atoms with Crippen LogP contribution in [0, 0.1) is 0 Å². The van der Waals surface area contributed by atoms with Crippen molar-refractivity contribution in [1.29, 1.82) is 0 Å². The predicted octanol–water partition coefficient (Wildman–Crippen LogP) is 5.48. The highest BCUT2D eigenvalue weighted by Gasteiger charge is 2.20. The van der Waals surface area contributed by atoms with Gasteiger partial charge in [-0.1, -0.05) is 50.2 Å². The van der Waals surface area contributed by atoms with Crippen LogP contribution in [0.1, 0.15) is 53.2 Å². The number of phenolic OH excluding ortho intramolecular Hbond substituents is 1. The Morgan fingerprint density at radius 2 is 1.72 bits per heavy atom. The van der Waals surface area contributed by atoms with Gasteiger partial charge in [0.2, 0.25) is 11.8 Å². The summed E-state index contributed by atoms with van der Waals surface area (Å²) < 4.78 is 0. The van der Waals surface area contributed by atoms with Gasteiger partial charge in [0, 0.05) is 21.9 Å². The molecule has 0 radical (unpaired) electrons. The fourth-order valence-corrected chi connectivity index (χ4v) is 4.75. The Morgan fingerprint density at radius 3 is 2.38 bits per heavy atom. The zero-order chi connectivity index (χ0) is 23.1. The van der Waals surface area contributed by atoms with Gasteiger partial charge in [0.25, 0.3) is 0 Å². The molecule has 0 heterocycles. The summed E-state index contributed by atoms with van der Waals surface area (Å²) in [4.78, 5) is 26.2. The van der Waals surface area contributed by atoms with Crippen molar-refractivity contribution >= 4 is 29.3 Å². The third-order valence-corrected chi connectivity index (χ3v) is 6.56. The molecular weight excluding hydrogens is 420 g/mol. The molecule has 2 amide bonds. The topological polar surface area (TPSA) is 92.4 Å². The van der Waals surface area contributed by atoms with Crippen molar-refractivity contribution in [3.63, 3.8) is 0 Å². The number of hydrogen-bond donors (Lipinski definition) is 3. The van der Waals surface area contributed by atoms with Crippen LogP contribution in [-0.4, -0.2) is 16.9 Å². The number of hydrogen-bond acceptors (Lipinski definition) is 4. The quantitative estimate of drug-likeness (QED) is 0.378. The van der Waals surface area contributed by atoms with Crippen LogP contribution in [-0.2, 0) is 17.0 Å². The van der Waals surface area contributed by atoms with Crippen molar-refractivity contribution in [3.05, 3.63) is 89.0 Å². The SMILES string of the molecule is CCc1ccccc1SCc1ccc(NC(=O)C(CC)c2ccc(O)cc2)cc1C(N)=O. The summed E-state index contributed by atoms with van der Waals surface area (Å²) >= 11 is 1.67. The molecule has 4 N–H and O–H groups in total. The number of amides is 2. The average molecular weight is 449 g/mol. The molecule has 0 bridgehead atoms. The van der Waals surface area contributed by atoms with Gasteiger partial charge in [0.05, 0.1) is 5.92 Å². The van der Waals surface area contributed by atoms with E-state index in [0.717, 1.165) is 17.5 Å². The molecule has 0 spiro atoms. The molecule has 0 saturated carbocycles. The van der Waals surface area contributed by atoms with E-state index in [-0.39, 0.29) is 17.6 Å². The zero-order valence-corrected chi connectivity index (χ0v) is 19.1. The van der Waals surface area contributed by atoms with Gasteiger partial charge in [-0.15, -0.1) is 11.8 Å². The Balaban J connectivity index is 1.77. The maximum atomic E-state index is 12.9. The molecule has 0 aliphatic rings. The van der Waals surface area contributed by atoms with Gasteiger partial charge in [0.1, 0.15) is 5.75 Å². The van der Waals surface area contributed by atoms with E-state index in [4.69, 9.17) is 5.73 Å². The van der Waals surface area contributed by atoms with Gasteiger partial charge in [-0.3, -0.25) is 9.59 Å². The molecule has 6 heteroatoms. The van der Waals surface area contributed by atoms with Crippen molar-refractivity contribution < 1.29 is 14.7 Å². The summed E-state index contributed by atoms with van der Waals surface area (Å²) in [6.07, 6.45) is 1.54. The Labute approximate surface area is 193 Å². The van der Waals surface area contributed by atoms with E-state index < -0.39 is 5.91 Å². The second-order valence-electron chi connectivity index (χ2n) is 7.53. The van der Waals surface area contributed by atoms with Crippen molar-refractivity contribution in [3.8, 4) is 5.75 Å². The number of nitrogens with one attached hydrogen (secondary N) is 1. The number of phenols is 1. The highest BCUT2D eigenvalue weighted by Crippen LogP contribution is 2.29. The van der Waals surface area contributed by atoms with Crippen LogP contribution < -0.4 is 11.1 Å². The molecule has 5 nitrogen and oxygen atoms in total. The second kappa shape index (κ2) is 10.9. The predicted molar refractivity (Wildman–Crippen MR) is 130 cm³/mol. The molecule has 0 aromatic heterocycles. The summed E-state index contributed by atoms with van der Waals surface area (Å²) in [6.45, 7) is 4.05. The first-order chi connectivity index (χ1) is 15.4. The maximum Gasteiger partial charge on any atom is 0.249 e. The lowest BCUT2D eigenvalue weighted by Crippen LogP contribution is -2.21. The van der Waals surface area contributed by atoms with E-state index in [9.17, 15) is 14.7 Å². The van der Waals surface area contributed by atoms with Gasteiger partial charge in [-0.25, -0.2) is 0 Å². The van der Waals surface area contributed by atoms with Crippen molar-refractivity contribution in [1.82, 2.24) is 0 Å².